The van der Waals surface area contributed by atoms with E-state index in [-0.39, 0.29) is 0 Å². The Hall–Kier alpha value is -1.02. The molecule has 2 fully saturated rings. The van der Waals surface area contributed by atoms with Crippen LogP contribution >= 0.6 is 25.4 Å². The molecule has 0 radical (unpaired) electrons. The zero-order valence-corrected chi connectivity index (χ0v) is 19.0. The van der Waals surface area contributed by atoms with Gasteiger partial charge in [0.2, 0.25) is 0 Å². The second-order valence-electron chi connectivity index (χ2n) is 7.74. The molecule has 0 spiro atoms. The van der Waals surface area contributed by atoms with E-state index >= 15 is 0 Å². The highest BCUT2D eigenvalue weighted by Gasteiger charge is 2.15. The highest BCUT2D eigenvalue weighted by atomic mass is 32.1. The van der Waals surface area contributed by atoms with E-state index in [0.29, 0.717) is 0 Å². The number of hydrogen-bond acceptors (Lipinski definition) is 6. The molecule has 158 valence electrons. The fourth-order valence-electron chi connectivity index (χ4n) is 3.67. The Morgan fingerprint density at radius 3 is 1.34 bits per heavy atom. The third-order valence-corrected chi connectivity index (χ3v) is 6.31. The summed E-state index contributed by atoms with van der Waals surface area (Å²) in [5.41, 5.74) is 2.82. The van der Waals surface area contributed by atoms with E-state index in [9.17, 15) is 0 Å². The van der Waals surface area contributed by atoms with Gasteiger partial charge in [0.25, 0.3) is 0 Å². The lowest BCUT2D eigenvalue weighted by atomic mass is 10.2. The Kier molecular flexibility index (Phi) is 9.86. The van der Waals surface area contributed by atoms with Gasteiger partial charge in [0.05, 0.1) is 0 Å². The van der Waals surface area contributed by atoms with Crippen LogP contribution in [0.2, 0.25) is 0 Å². The summed E-state index contributed by atoms with van der Waals surface area (Å²) in [6, 6.07) is 21.3. The smallest absolute Gasteiger partial charge is 0.0415 e. The maximum Gasteiger partial charge on any atom is 0.0415 e. The molecule has 0 unspecified atom stereocenters. The molecular weight excluding hydrogens is 396 g/mol. The van der Waals surface area contributed by atoms with Gasteiger partial charge in [-0.25, -0.2) is 0 Å². The van der Waals surface area contributed by atoms with Crippen LogP contribution in [0.1, 0.15) is 11.1 Å². The Morgan fingerprint density at radius 2 is 0.931 bits per heavy atom. The van der Waals surface area contributed by atoms with Crippen molar-refractivity contribution < 1.29 is 0 Å². The number of nitrogens with zero attached hydrogens (tertiary/aromatic N) is 4. The molecule has 2 aliphatic rings. The Bertz CT molecular complexity index is 670. The fraction of sp³-hybridized carbons (Fsp3) is 0.478. The maximum atomic E-state index is 4.33. The molecule has 0 aliphatic carbocycles. The number of benzene rings is 2. The van der Waals surface area contributed by atoms with Crippen LogP contribution in [0, 0.1) is 0 Å². The lowest BCUT2D eigenvalue weighted by Crippen LogP contribution is -2.45. The maximum absolute atomic E-state index is 4.33. The molecule has 0 atom stereocenters. The Labute approximate surface area is 187 Å². The summed E-state index contributed by atoms with van der Waals surface area (Å²) in [7, 11) is 0. The van der Waals surface area contributed by atoms with Gasteiger partial charge in [-0.1, -0.05) is 73.5 Å². The van der Waals surface area contributed by atoms with E-state index in [1.165, 1.54) is 11.1 Å². The SMILES string of the molecule is SCN1CCN(Cc2ccccc2)CC1.SN1CCN(Cc2ccccc2)CC1. The average Bonchev–Trinajstić information content (AvgIpc) is 2.78. The number of rotatable bonds is 5. The first-order valence-corrected chi connectivity index (χ1v) is 11.6. The predicted molar refractivity (Wildman–Crippen MR) is 129 cm³/mol. The molecule has 0 bridgehead atoms. The van der Waals surface area contributed by atoms with Gasteiger partial charge in [-0.15, -0.1) is 0 Å². The molecule has 29 heavy (non-hydrogen) atoms. The highest BCUT2D eigenvalue weighted by Crippen LogP contribution is 2.09. The van der Waals surface area contributed by atoms with Gasteiger partial charge in [-0.3, -0.25) is 19.0 Å². The molecule has 6 heteroatoms. The molecule has 4 nitrogen and oxygen atoms in total. The summed E-state index contributed by atoms with van der Waals surface area (Å²) in [6.07, 6.45) is 0. The monoisotopic (exact) mass is 430 g/mol. The van der Waals surface area contributed by atoms with E-state index in [1.807, 2.05) is 0 Å². The van der Waals surface area contributed by atoms with Crippen molar-refractivity contribution in [3.05, 3.63) is 71.8 Å². The van der Waals surface area contributed by atoms with Crippen LogP contribution in [0.3, 0.4) is 0 Å². The third-order valence-electron chi connectivity index (χ3n) is 5.51. The van der Waals surface area contributed by atoms with Crippen molar-refractivity contribution >= 4 is 25.4 Å². The number of piperazine rings is 2. The minimum atomic E-state index is 0.888. The normalized spacial score (nSPS) is 19.5. The molecule has 2 saturated heterocycles. The Morgan fingerprint density at radius 1 is 0.552 bits per heavy atom. The largest absolute Gasteiger partial charge is 0.297 e. The van der Waals surface area contributed by atoms with Crippen LogP contribution in [0.15, 0.2) is 60.7 Å². The van der Waals surface area contributed by atoms with Crippen molar-refractivity contribution in [2.75, 3.05) is 58.2 Å². The van der Waals surface area contributed by atoms with Crippen molar-refractivity contribution in [1.29, 1.82) is 0 Å². The topological polar surface area (TPSA) is 13.0 Å². The van der Waals surface area contributed by atoms with Gasteiger partial charge in [-0.05, 0) is 11.1 Å². The van der Waals surface area contributed by atoms with Crippen LogP contribution in [-0.2, 0) is 13.1 Å². The first kappa shape index (κ1) is 22.7. The third kappa shape index (κ3) is 8.32. The molecule has 2 aliphatic heterocycles. The number of hydrogen-bond donors (Lipinski definition) is 2. The molecule has 4 rings (SSSR count). The summed E-state index contributed by atoms with van der Waals surface area (Å²) in [5.74, 6) is 0.888. The second kappa shape index (κ2) is 12.6. The van der Waals surface area contributed by atoms with Gasteiger partial charge >= 0.3 is 0 Å². The van der Waals surface area contributed by atoms with E-state index < -0.39 is 0 Å². The number of thiol groups is 2. The van der Waals surface area contributed by atoms with Crippen LogP contribution < -0.4 is 0 Å². The first-order valence-electron chi connectivity index (χ1n) is 10.5. The molecule has 2 heterocycles. The van der Waals surface area contributed by atoms with E-state index in [2.05, 4.69) is 105 Å². The van der Waals surface area contributed by atoms with Crippen molar-refractivity contribution in [1.82, 2.24) is 19.0 Å². The summed E-state index contributed by atoms with van der Waals surface area (Å²) in [6.45, 7) is 11.2. The summed E-state index contributed by atoms with van der Waals surface area (Å²) in [4.78, 5) is 7.36. The highest BCUT2D eigenvalue weighted by molar-refractivity contribution is 7.80. The lowest BCUT2D eigenvalue weighted by molar-refractivity contribution is 0.144. The minimum absolute atomic E-state index is 0.888. The summed E-state index contributed by atoms with van der Waals surface area (Å²) < 4.78 is 2.08. The molecule has 0 saturated carbocycles. The van der Waals surface area contributed by atoms with Gasteiger partial charge < -0.3 is 0 Å². The molecule has 2 aromatic rings. The quantitative estimate of drug-likeness (QED) is 0.706. The zero-order valence-electron chi connectivity index (χ0n) is 17.2. The molecule has 0 N–H and O–H groups in total. The van der Waals surface area contributed by atoms with E-state index in [0.717, 1.165) is 71.3 Å². The Balaban J connectivity index is 0.000000166. The zero-order chi connectivity index (χ0) is 20.3. The molecule has 0 aromatic heterocycles. The second-order valence-corrected chi connectivity index (χ2v) is 8.59. The van der Waals surface area contributed by atoms with Crippen LogP contribution in [0.5, 0.6) is 0 Å². The standard InChI is InChI=1S/C12H18N2S.C11H16N2S/c15-11-14-8-6-13(7-9-14)10-12-4-2-1-3-5-12;14-13-8-6-12(7-9-13)10-11-4-2-1-3-5-11/h1-5,15H,6-11H2;1-5,14H,6-10H2. The van der Waals surface area contributed by atoms with Crippen molar-refractivity contribution in [2.24, 2.45) is 0 Å². The summed E-state index contributed by atoms with van der Waals surface area (Å²) >= 11 is 8.63. The van der Waals surface area contributed by atoms with Crippen molar-refractivity contribution in [3.63, 3.8) is 0 Å². The van der Waals surface area contributed by atoms with Crippen LogP contribution in [0.4, 0.5) is 0 Å². The van der Waals surface area contributed by atoms with Gasteiger partial charge in [0.15, 0.2) is 0 Å². The van der Waals surface area contributed by atoms with Crippen molar-refractivity contribution in [2.45, 2.75) is 13.1 Å². The molecular formula is C23H34N4S2. The fourth-order valence-corrected chi connectivity index (χ4v) is 4.13. The lowest BCUT2D eigenvalue weighted by Gasteiger charge is -2.33. The van der Waals surface area contributed by atoms with E-state index in [1.54, 1.807) is 0 Å². The predicted octanol–water partition coefficient (Wildman–Crippen LogP) is 3.34. The first-order chi connectivity index (χ1) is 14.2. The summed E-state index contributed by atoms with van der Waals surface area (Å²) in [5, 5.41) is 0. The molecule has 2 aromatic carbocycles. The van der Waals surface area contributed by atoms with Crippen molar-refractivity contribution in [3.8, 4) is 0 Å². The van der Waals surface area contributed by atoms with Crippen LogP contribution in [0.25, 0.3) is 0 Å². The van der Waals surface area contributed by atoms with Crippen LogP contribution in [-0.4, -0.2) is 77.2 Å². The average molecular weight is 431 g/mol. The van der Waals surface area contributed by atoms with Gasteiger partial charge in [0, 0.05) is 71.3 Å². The van der Waals surface area contributed by atoms with Gasteiger partial charge in [0.1, 0.15) is 0 Å². The minimum Gasteiger partial charge on any atom is -0.297 e. The van der Waals surface area contributed by atoms with E-state index in [4.69, 9.17) is 0 Å². The van der Waals surface area contributed by atoms with Gasteiger partial charge in [-0.2, -0.15) is 12.6 Å². The molecule has 0 amide bonds.